The van der Waals surface area contributed by atoms with Crippen LogP contribution in [0.5, 0.6) is 0 Å². The van der Waals surface area contributed by atoms with Crippen molar-refractivity contribution in [1.29, 1.82) is 0 Å². The van der Waals surface area contributed by atoms with Gasteiger partial charge < -0.3 is 15.5 Å². The van der Waals surface area contributed by atoms with E-state index < -0.39 is 0 Å². The molecule has 1 saturated carbocycles. The van der Waals surface area contributed by atoms with Crippen molar-refractivity contribution >= 4 is 41.3 Å². The Labute approximate surface area is 185 Å². The molecule has 27 heavy (non-hydrogen) atoms. The van der Waals surface area contributed by atoms with Gasteiger partial charge in [-0.3, -0.25) is 4.99 Å². The molecule has 3 rings (SSSR count). The number of thiazole rings is 1. The molecule has 0 unspecified atom stereocenters. The first-order chi connectivity index (χ1) is 12.8. The number of hydrogen-bond donors (Lipinski definition) is 2. The minimum absolute atomic E-state index is 0. The molecule has 7 heteroatoms. The van der Waals surface area contributed by atoms with Crippen LogP contribution in [0.25, 0.3) is 0 Å². The molecule has 0 radical (unpaired) electrons. The van der Waals surface area contributed by atoms with Crippen LogP contribution in [0, 0.1) is 5.92 Å². The second kappa shape index (κ2) is 12.2. The van der Waals surface area contributed by atoms with Gasteiger partial charge in [0.15, 0.2) is 5.96 Å². The average Bonchev–Trinajstić information content (AvgIpc) is 3.15. The van der Waals surface area contributed by atoms with Gasteiger partial charge in [-0.2, -0.15) is 0 Å². The highest BCUT2D eigenvalue weighted by Crippen LogP contribution is 2.25. The third-order valence-corrected chi connectivity index (χ3v) is 6.77. The number of likely N-dealkylation sites (tertiary alicyclic amines) is 1. The molecule has 1 aliphatic heterocycles. The molecule has 1 aromatic heterocycles. The highest BCUT2D eigenvalue weighted by atomic mass is 127. The predicted molar refractivity (Wildman–Crippen MR) is 126 cm³/mol. The lowest BCUT2D eigenvalue weighted by Crippen LogP contribution is -2.49. The summed E-state index contributed by atoms with van der Waals surface area (Å²) < 4.78 is 0. The van der Waals surface area contributed by atoms with Gasteiger partial charge in [0.2, 0.25) is 0 Å². The molecular formula is C20H36IN5S. The van der Waals surface area contributed by atoms with Crippen LogP contribution in [0.2, 0.25) is 0 Å². The van der Waals surface area contributed by atoms with Gasteiger partial charge >= 0.3 is 0 Å². The van der Waals surface area contributed by atoms with Gasteiger partial charge in [0.1, 0.15) is 0 Å². The maximum absolute atomic E-state index is 4.61. The first-order valence-electron chi connectivity index (χ1n) is 10.4. The zero-order valence-corrected chi connectivity index (χ0v) is 20.0. The molecule has 2 N–H and O–H groups in total. The number of aliphatic imine (C=N–C) groups is 1. The molecule has 2 fully saturated rings. The predicted octanol–water partition coefficient (Wildman–Crippen LogP) is 4.03. The Balaban J connectivity index is 0.00000261. The fourth-order valence-electron chi connectivity index (χ4n) is 4.15. The number of guanidine groups is 1. The van der Waals surface area contributed by atoms with Gasteiger partial charge in [-0.15, -0.1) is 35.3 Å². The molecule has 154 valence electrons. The van der Waals surface area contributed by atoms with Crippen molar-refractivity contribution in [2.45, 2.75) is 70.9 Å². The molecule has 0 bridgehead atoms. The Bertz CT molecular complexity index is 562. The lowest BCUT2D eigenvalue weighted by Gasteiger charge is -2.36. The average molecular weight is 506 g/mol. The standard InChI is InChI=1S/C20H35N5S.HI/c1-3-19-23-18(15-26-19)13-22-20(21-2)24-17-9-11-25(12-10-17)14-16-7-5-4-6-8-16;/h15-17H,3-14H2,1-2H3,(H2,21,22,24);1H. The Hall–Kier alpha value is -0.410. The van der Waals surface area contributed by atoms with Crippen molar-refractivity contribution in [2.75, 3.05) is 26.7 Å². The molecular weight excluding hydrogens is 469 g/mol. The Kier molecular flexibility index (Phi) is 10.3. The van der Waals surface area contributed by atoms with E-state index in [1.807, 2.05) is 7.05 Å². The molecule has 5 nitrogen and oxygen atoms in total. The van der Waals surface area contributed by atoms with Crippen molar-refractivity contribution < 1.29 is 0 Å². The molecule has 1 aliphatic carbocycles. The fraction of sp³-hybridized carbons (Fsp3) is 0.800. The summed E-state index contributed by atoms with van der Waals surface area (Å²) in [5.41, 5.74) is 1.11. The summed E-state index contributed by atoms with van der Waals surface area (Å²) in [5, 5.41) is 10.4. The van der Waals surface area contributed by atoms with E-state index in [1.54, 1.807) is 11.3 Å². The van der Waals surface area contributed by atoms with Crippen LogP contribution in [-0.2, 0) is 13.0 Å². The fourth-order valence-corrected chi connectivity index (χ4v) is 4.89. The number of aromatic nitrogens is 1. The van der Waals surface area contributed by atoms with E-state index in [2.05, 4.69) is 37.8 Å². The van der Waals surface area contributed by atoms with E-state index in [1.165, 1.54) is 69.6 Å². The van der Waals surface area contributed by atoms with Crippen LogP contribution >= 0.6 is 35.3 Å². The van der Waals surface area contributed by atoms with Gasteiger partial charge in [-0.05, 0) is 38.0 Å². The smallest absolute Gasteiger partial charge is 0.191 e. The summed E-state index contributed by atoms with van der Waals surface area (Å²) in [6.07, 6.45) is 10.7. The first kappa shape index (κ1) is 22.9. The van der Waals surface area contributed by atoms with Crippen molar-refractivity contribution in [1.82, 2.24) is 20.5 Å². The van der Waals surface area contributed by atoms with E-state index in [-0.39, 0.29) is 24.0 Å². The third-order valence-electron chi connectivity index (χ3n) is 5.73. The highest BCUT2D eigenvalue weighted by Gasteiger charge is 2.23. The first-order valence-corrected chi connectivity index (χ1v) is 11.3. The maximum atomic E-state index is 4.61. The molecule has 2 aliphatic rings. The van der Waals surface area contributed by atoms with Crippen LogP contribution in [0.15, 0.2) is 10.4 Å². The third kappa shape index (κ3) is 7.49. The quantitative estimate of drug-likeness (QED) is 0.348. The van der Waals surface area contributed by atoms with Crippen LogP contribution in [0.1, 0.15) is 62.6 Å². The van der Waals surface area contributed by atoms with E-state index in [0.717, 1.165) is 30.5 Å². The number of piperidine rings is 1. The van der Waals surface area contributed by atoms with Crippen LogP contribution in [0.4, 0.5) is 0 Å². The minimum Gasteiger partial charge on any atom is -0.354 e. The lowest BCUT2D eigenvalue weighted by molar-refractivity contribution is 0.160. The van der Waals surface area contributed by atoms with E-state index >= 15 is 0 Å². The van der Waals surface area contributed by atoms with Gasteiger partial charge in [0, 0.05) is 38.1 Å². The number of nitrogens with zero attached hydrogens (tertiary/aromatic N) is 3. The minimum atomic E-state index is 0. The van der Waals surface area contributed by atoms with Gasteiger partial charge in [0.25, 0.3) is 0 Å². The number of nitrogens with one attached hydrogen (secondary N) is 2. The molecule has 1 saturated heterocycles. The van der Waals surface area contributed by atoms with Crippen LogP contribution in [-0.4, -0.2) is 48.6 Å². The molecule has 0 spiro atoms. The summed E-state index contributed by atoms with van der Waals surface area (Å²) in [7, 11) is 1.85. The Morgan fingerprint density at radius 2 is 1.96 bits per heavy atom. The molecule has 2 heterocycles. The van der Waals surface area contributed by atoms with Crippen molar-refractivity contribution in [3.05, 3.63) is 16.1 Å². The zero-order chi connectivity index (χ0) is 18.2. The highest BCUT2D eigenvalue weighted by molar-refractivity contribution is 14.0. The van der Waals surface area contributed by atoms with Gasteiger partial charge in [0.05, 0.1) is 17.2 Å². The number of rotatable bonds is 6. The van der Waals surface area contributed by atoms with Gasteiger partial charge in [-0.1, -0.05) is 26.2 Å². The van der Waals surface area contributed by atoms with Crippen molar-refractivity contribution in [3.8, 4) is 0 Å². The number of halogens is 1. The summed E-state index contributed by atoms with van der Waals surface area (Å²) in [6.45, 7) is 6.66. The monoisotopic (exact) mass is 505 g/mol. The van der Waals surface area contributed by atoms with E-state index in [0.29, 0.717) is 6.04 Å². The number of aryl methyl sites for hydroxylation is 1. The van der Waals surface area contributed by atoms with Crippen molar-refractivity contribution in [2.24, 2.45) is 10.9 Å². The van der Waals surface area contributed by atoms with Crippen LogP contribution < -0.4 is 10.6 Å². The second-order valence-corrected chi connectivity index (χ2v) is 8.68. The van der Waals surface area contributed by atoms with E-state index in [4.69, 9.17) is 0 Å². The largest absolute Gasteiger partial charge is 0.354 e. The zero-order valence-electron chi connectivity index (χ0n) is 16.9. The molecule has 0 atom stereocenters. The lowest BCUT2D eigenvalue weighted by atomic mass is 9.88. The SMILES string of the molecule is CCc1nc(CNC(=NC)NC2CCN(CC3CCCCC3)CC2)cs1.I. The normalized spacial score (nSPS) is 20.3. The van der Waals surface area contributed by atoms with Crippen LogP contribution in [0.3, 0.4) is 0 Å². The molecule has 1 aromatic rings. The molecule has 0 aromatic carbocycles. The number of hydrogen-bond acceptors (Lipinski definition) is 4. The summed E-state index contributed by atoms with van der Waals surface area (Å²) in [5.74, 6) is 1.86. The van der Waals surface area contributed by atoms with Gasteiger partial charge in [-0.25, -0.2) is 4.98 Å². The second-order valence-electron chi connectivity index (χ2n) is 7.74. The Morgan fingerprint density at radius 3 is 2.59 bits per heavy atom. The van der Waals surface area contributed by atoms with E-state index in [9.17, 15) is 0 Å². The summed E-state index contributed by atoms with van der Waals surface area (Å²) >= 11 is 1.74. The Morgan fingerprint density at radius 1 is 1.22 bits per heavy atom. The summed E-state index contributed by atoms with van der Waals surface area (Å²) in [4.78, 5) is 11.7. The maximum Gasteiger partial charge on any atom is 0.191 e. The molecule has 0 amide bonds. The van der Waals surface area contributed by atoms with Crippen molar-refractivity contribution in [3.63, 3.8) is 0 Å². The summed E-state index contributed by atoms with van der Waals surface area (Å²) in [6, 6.07) is 0.533. The topological polar surface area (TPSA) is 52.6 Å².